The van der Waals surface area contributed by atoms with Crippen LogP contribution in [0.2, 0.25) is 0 Å². The topological polar surface area (TPSA) is 75.7 Å². The molecule has 17 heavy (non-hydrogen) atoms. The number of hydrogen-bond acceptors (Lipinski definition) is 5. The molecule has 1 fully saturated rings. The number of thioether (sulfide) groups is 1. The van der Waals surface area contributed by atoms with E-state index < -0.39 is 0 Å². The Morgan fingerprint density at radius 3 is 3.06 bits per heavy atom. The summed E-state index contributed by atoms with van der Waals surface area (Å²) in [5.41, 5.74) is 0.376. The van der Waals surface area contributed by atoms with E-state index in [0.717, 1.165) is 0 Å². The summed E-state index contributed by atoms with van der Waals surface area (Å²) in [7, 11) is 1.30. The molecule has 0 aliphatic carbocycles. The van der Waals surface area contributed by atoms with Crippen LogP contribution in [0.5, 0.6) is 0 Å². The molecule has 2 amide bonds. The number of ether oxygens (including phenoxy) is 1. The number of β-lactam (4-membered cyclic amide) rings is 1. The predicted octanol–water partition coefficient (Wildman–Crippen LogP) is -0.188. The number of carbonyl (C=O) groups excluding carboxylic acids is 3. The van der Waals surface area contributed by atoms with Gasteiger partial charge in [-0.3, -0.25) is 19.3 Å². The fourth-order valence-electron chi connectivity index (χ4n) is 1.62. The lowest BCUT2D eigenvalue weighted by atomic mass is 10.2. The van der Waals surface area contributed by atoms with Crippen LogP contribution in [0.3, 0.4) is 0 Å². The predicted molar refractivity (Wildman–Crippen MR) is 60.6 cm³/mol. The van der Waals surface area contributed by atoms with E-state index in [1.54, 1.807) is 5.41 Å². The van der Waals surface area contributed by atoms with Crippen molar-refractivity contribution in [3.8, 4) is 0 Å². The molecule has 0 aromatic rings. The van der Waals surface area contributed by atoms with E-state index in [0.29, 0.717) is 12.1 Å². The number of amides is 2. The van der Waals surface area contributed by atoms with Gasteiger partial charge in [0.05, 0.1) is 25.3 Å². The van der Waals surface area contributed by atoms with E-state index in [1.807, 2.05) is 0 Å². The molecule has 92 valence electrons. The zero-order valence-electron chi connectivity index (χ0n) is 9.26. The SMILES string of the molecule is COC(=O)CCNC(=O)C1=CS[C@@H]2CC(=O)N12. The second-order valence-electron chi connectivity index (χ2n) is 3.64. The summed E-state index contributed by atoms with van der Waals surface area (Å²) in [6.45, 7) is 0.209. The van der Waals surface area contributed by atoms with Gasteiger partial charge < -0.3 is 10.1 Å². The molecule has 7 heteroatoms. The highest BCUT2D eigenvalue weighted by atomic mass is 32.2. The van der Waals surface area contributed by atoms with Crippen LogP contribution in [0.25, 0.3) is 0 Å². The van der Waals surface area contributed by atoms with Crippen molar-refractivity contribution in [1.29, 1.82) is 0 Å². The quantitative estimate of drug-likeness (QED) is 0.557. The third kappa shape index (κ3) is 2.28. The number of nitrogens with zero attached hydrogens (tertiary/aromatic N) is 1. The Balaban J connectivity index is 1.81. The summed E-state index contributed by atoms with van der Waals surface area (Å²) < 4.78 is 4.45. The van der Waals surface area contributed by atoms with Gasteiger partial charge >= 0.3 is 5.97 Å². The fraction of sp³-hybridized carbons (Fsp3) is 0.500. The van der Waals surface area contributed by atoms with E-state index in [9.17, 15) is 14.4 Å². The van der Waals surface area contributed by atoms with Crippen LogP contribution in [0, 0.1) is 0 Å². The van der Waals surface area contributed by atoms with E-state index in [1.165, 1.54) is 23.8 Å². The van der Waals surface area contributed by atoms with Gasteiger partial charge in [0, 0.05) is 12.0 Å². The highest BCUT2D eigenvalue weighted by Gasteiger charge is 2.44. The molecule has 0 unspecified atom stereocenters. The first-order valence-electron chi connectivity index (χ1n) is 5.16. The number of carbonyl (C=O) groups is 3. The monoisotopic (exact) mass is 256 g/mol. The molecule has 1 N–H and O–H groups in total. The van der Waals surface area contributed by atoms with Crippen molar-refractivity contribution >= 4 is 29.5 Å². The number of rotatable bonds is 4. The van der Waals surface area contributed by atoms with Gasteiger partial charge in [-0.25, -0.2) is 0 Å². The highest BCUT2D eigenvalue weighted by molar-refractivity contribution is 8.03. The molecule has 2 aliphatic heterocycles. The molecule has 1 atom stereocenters. The van der Waals surface area contributed by atoms with E-state index in [-0.39, 0.29) is 36.1 Å². The Morgan fingerprint density at radius 1 is 1.65 bits per heavy atom. The Kier molecular flexibility index (Phi) is 3.37. The second-order valence-corrected chi connectivity index (χ2v) is 4.70. The first-order valence-corrected chi connectivity index (χ1v) is 6.10. The van der Waals surface area contributed by atoms with Crippen LogP contribution >= 0.6 is 11.8 Å². The lowest BCUT2D eigenvalue weighted by Crippen LogP contribution is -2.50. The molecular formula is C10H12N2O4S. The first-order chi connectivity index (χ1) is 8.13. The molecule has 0 spiro atoms. The van der Waals surface area contributed by atoms with Crippen LogP contribution in [-0.4, -0.2) is 41.7 Å². The molecule has 2 heterocycles. The van der Waals surface area contributed by atoms with Gasteiger partial charge in [-0.05, 0) is 0 Å². The molecular weight excluding hydrogens is 244 g/mol. The Bertz CT molecular complexity index is 407. The summed E-state index contributed by atoms with van der Waals surface area (Å²) >= 11 is 1.47. The van der Waals surface area contributed by atoms with E-state index in [2.05, 4.69) is 10.1 Å². The van der Waals surface area contributed by atoms with Crippen molar-refractivity contribution in [1.82, 2.24) is 10.2 Å². The molecule has 2 rings (SSSR count). The number of methoxy groups -OCH3 is 1. The molecule has 1 saturated heterocycles. The molecule has 0 bridgehead atoms. The lowest BCUT2D eigenvalue weighted by Gasteiger charge is -2.34. The van der Waals surface area contributed by atoms with Crippen molar-refractivity contribution in [2.24, 2.45) is 0 Å². The largest absolute Gasteiger partial charge is 0.469 e. The third-order valence-corrected chi connectivity index (χ3v) is 3.63. The molecule has 0 radical (unpaired) electrons. The number of fused-ring (bicyclic) bond motifs is 1. The molecule has 0 saturated carbocycles. The first kappa shape index (κ1) is 12.0. The van der Waals surface area contributed by atoms with Gasteiger partial charge in [0.25, 0.3) is 5.91 Å². The Morgan fingerprint density at radius 2 is 2.41 bits per heavy atom. The maximum absolute atomic E-state index is 11.7. The van der Waals surface area contributed by atoms with Crippen LogP contribution in [-0.2, 0) is 19.1 Å². The van der Waals surface area contributed by atoms with Crippen molar-refractivity contribution < 1.29 is 19.1 Å². The summed E-state index contributed by atoms with van der Waals surface area (Å²) in [5.74, 6) is -0.732. The minimum absolute atomic E-state index is 0.0330. The summed E-state index contributed by atoms with van der Waals surface area (Å²) in [5, 5.41) is 4.35. The molecule has 6 nitrogen and oxygen atoms in total. The fourth-order valence-corrected chi connectivity index (χ4v) is 2.72. The lowest BCUT2D eigenvalue weighted by molar-refractivity contribution is -0.142. The third-order valence-electron chi connectivity index (χ3n) is 2.58. The van der Waals surface area contributed by atoms with Gasteiger partial charge in [-0.15, -0.1) is 11.8 Å². The van der Waals surface area contributed by atoms with Gasteiger partial charge in [-0.1, -0.05) is 0 Å². The normalized spacial score (nSPS) is 21.5. The van der Waals surface area contributed by atoms with Crippen LogP contribution < -0.4 is 5.32 Å². The van der Waals surface area contributed by atoms with Crippen molar-refractivity contribution in [2.75, 3.05) is 13.7 Å². The van der Waals surface area contributed by atoms with Gasteiger partial charge in [-0.2, -0.15) is 0 Å². The smallest absolute Gasteiger partial charge is 0.307 e. The second kappa shape index (κ2) is 4.79. The van der Waals surface area contributed by atoms with Crippen LogP contribution in [0.1, 0.15) is 12.8 Å². The number of hydrogen-bond donors (Lipinski definition) is 1. The van der Waals surface area contributed by atoms with Crippen molar-refractivity contribution in [2.45, 2.75) is 18.2 Å². The number of nitrogens with one attached hydrogen (secondary N) is 1. The van der Waals surface area contributed by atoms with Crippen molar-refractivity contribution in [3.05, 3.63) is 11.1 Å². The average molecular weight is 256 g/mol. The molecule has 0 aromatic heterocycles. The minimum atomic E-state index is -0.377. The molecule has 0 aromatic carbocycles. The van der Waals surface area contributed by atoms with Gasteiger partial charge in [0.2, 0.25) is 5.91 Å². The summed E-state index contributed by atoms with van der Waals surface area (Å²) in [6, 6.07) is 0. The highest BCUT2D eigenvalue weighted by Crippen LogP contribution is 2.40. The summed E-state index contributed by atoms with van der Waals surface area (Å²) in [4.78, 5) is 35.3. The summed E-state index contributed by atoms with van der Waals surface area (Å²) in [6.07, 6.45) is 0.611. The Hall–Kier alpha value is -1.50. The maximum Gasteiger partial charge on any atom is 0.307 e. The van der Waals surface area contributed by atoms with Crippen LogP contribution in [0.4, 0.5) is 0 Å². The van der Waals surface area contributed by atoms with E-state index >= 15 is 0 Å². The average Bonchev–Trinajstić information content (AvgIpc) is 2.65. The Labute approximate surface area is 102 Å². The van der Waals surface area contributed by atoms with Crippen LogP contribution in [0.15, 0.2) is 11.1 Å². The number of esters is 1. The molecule has 2 aliphatic rings. The minimum Gasteiger partial charge on any atom is -0.469 e. The maximum atomic E-state index is 11.7. The zero-order chi connectivity index (χ0) is 12.4. The van der Waals surface area contributed by atoms with Crippen molar-refractivity contribution in [3.63, 3.8) is 0 Å². The zero-order valence-corrected chi connectivity index (χ0v) is 10.1. The van der Waals surface area contributed by atoms with Gasteiger partial charge in [0.15, 0.2) is 0 Å². The standard InChI is InChI=1S/C10H12N2O4S/c1-16-9(14)2-3-11-10(15)6-5-17-8-4-7(13)12(6)8/h5,8H,2-4H2,1H3,(H,11,15)/t8-/m1/s1. The van der Waals surface area contributed by atoms with Gasteiger partial charge in [0.1, 0.15) is 5.70 Å². The van der Waals surface area contributed by atoms with E-state index in [4.69, 9.17) is 0 Å².